The Bertz CT molecular complexity index is 1710. The minimum absolute atomic E-state index is 0.0215. The number of carboxylic acid groups (broad SMARTS) is 1. The molecule has 0 aromatic heterocycles. The quantitative estimate of drug-likeness (QED) is 0.189. The standard InChI is InChI=1S/C38H53ClN2O6SSi/c1-37(2,3)49(4,5)47-34(16-11-25-8-9-29(25)22-48(40,44)45)31-14-10-28(31)21-41-23-38(18-6-7-26-19-30(39)13-15-32(26)38)24-46-35-17-12-27(36(42)43)20-33(35)41/h11-13,15-17,19-20,25,28-29,31,34H,6-10,14,18,21-24H2,1-5H3,(H,42,43)(H2,40,44,45)/b16-11+/t25-,28+,29-,31-,34?,38+/m1/s1. The minimum atomic E-state index is -3.52. The highest BCUT2D eigenvalue weighted by atomic mass is 35.5. The number of carboxylic acids is 1. The fourth-order valence-corrected chi connectivity index (χ4v) is 10.7. The van der Waals surface area contributed by atoms with Crippen LogP contribution in [0.4, 0.5) is 5.69 Å². The fourth-order valence-electron chi connectivity index (χ4n) is 8.18. The van der Waals surface area contributed by atoms with E-state index in [2.05, 4.69) is 63.0 Å². The Morgan fingerprint density at radius 1 is 1.16 bits per heavy atom. The second-order valence-electron chi connectivity index (χ2n) is 16.7. The van der Waals surface area contributed by atoms with Gasteiger partial charge in [0.1, 0.15) is 5.75 Å². The van der Waals surface area contributed by atoms with Crippen LogP contribution in [0.5, 0.6) is 5.75 Å². The van der Waals surface area contributed by atoms with Crippen LogP contribution in [0.15, 0.2) is 48.6 Å². The van der Waals surface area contributed by atoms with E-state index in [1.807, 2.05) is 12.1 Å². The number of nitrogens with zero attached hydrogens (tertiary/aromatic N) is 1. The van der Waals surface area contributed by atoms with Crippen molar-refractivity contribution in [2.45, 2.75) is 95.4 Å². The third-order valence-electron chi connectivity index (χ3n) is 12.3. The Balaban J connectivity index is 1.31. The number of allylic oxidation sites excluding steroid dienone is 1. The summed E-state index contributed by atoms with van der Waals surface area (Å²) < 4.78 is 37.5. The van der Waals surface area contributed by atoms with Crippen LogP contribution in [-0.4, -0.2) is 59.4 Å². The summed E-state index contributed by atoms with van der Waals surface area (Å²) in [6, 6.07) is 11.5. The zero-order valence-electron chi connectivity index (χ0n) is 29.6. The highest BCUT2D eigenvalue weighted by Crippen LogP contribution is 2.48. The van der Waals surface area contributed by atoms with Gasteiger partial charge in [-0.1, -0.05) is 50.6 Å². The molecule has 49 heavy (non-hydrogen) atoms. The average Bonchev–Trinajstić information content (AvgIpc) is 3.13. The summed E-state index contributed by atoms with van der Waals surface area (Å²) in [6.45, 7) is 13.4. The smallest absolute Gasteiger partial charge is 0.335 e. The maximum Gasteiger partial charge on any atom is 0.335 e. The lowest BCUT2D eigenvalue weighted by atomic mass is 9.68. The molecule has 1 aliphatic heterocycles. The minimum Gasteiger partial charge on any atom is -0.490 e. The molecule has 6 atom stereocenters. The Hall–Kier alpha value is -2.37. The average molecular weight is 729 g/mol. The van der Waals surface area contributed by atoms with Gasteiger partial charge in [0.05, 0.1) is 29.7 Å². The number of hydrogen-bond acceptors (Lipinski definition) is 6. The molecule has 8 nitrogen and oxygen atoms in total. The van der Waals surface area contributed by atoms with Crippen molar-refractivity contribution < 1.29 is 27.5 Å². The number of fused-ring (bicyclic) bond motifs is 3. The van der Waals surface area contributed by atoms with Crippen molar-refractivity contribution in [1.82, 2.24) is 0 Å². The van der Waals surface area contributed by atoms with E-state index in [9.17, 15) is 18.3 Å². The molecular weight excluding hydrogens is 676 g/mol. The predicted octanol–water partition coefficient (Wildman–Crippen LogP) is 7.80. The van der Waals surface area contributed by atoms with Crippen LogP contribution in [0.25, 0.3) is 0 Å². The SMILES string of the molecule is CC(C)(C)[Si](C)(C)OC(/C=C/[C@H]1CC[C@@H]1CS(N)(=O)=O)[C@@H]1CC[C@H]1CN1C[C@@]2(CCCc3cc(Cl)ccc32)COc2ccc(C(=O)O)cc21. The maximum absolute atomic E-state index is 12.1. The van der Waals surface area contributed by atoms with Crippen LogP contribution < -0.4 is 14.8 Å². The van der Waals surface area contributed by atoms with Gasteiger partial charge in [-0.3, -0.25) is 0 Å². The molecule has 268 valence electrons. The van der Waals surface area contributed by atoms with E-state index in [1.54, 1.807) is 12.1 Å². The third kappa shape index (κ3) is 7.78. The van der Waals surface area contributed by atoms with Gasteiger partial charge in [0.25, 0.3) is 0 Å². The molecule has 1 spiro atoms. The zero-order chi connectivity index (χ0) is 35.4. The lowest BCUT2D eigenvalue weighted by Crippen LogP contribution is -2.52. The molecule has 2 fully saturated rings. The molecule has 11 heteroatoms. The molecule has 1 heterocycles. The summed E-state index contributed by atoms with van der Waals surface area (Å²) >= 11 is 6.45. The summed E-state index contributed by atoms with van der Waals surface area (Å²) in [5, 5.41) is 16.1. The van der Waals surface area contributed by atoms with E-state index in [1.165, 1.54) is 11.1 Å². The van der Waals surface area contributed by atoms with Crippen LogP contribution in [0.3, 0.4) is 0 Å². The van der Waals surface area contributed by atoms with E-state index in [-0.39, 0.29) is 45.6 Å². The maximum atomic E-state index is 12.1. The molecule has 0 saturated heterocycles. The number of sulfonamides is 1. The van der Waals surface area contributed by atoms with Crippen molar-refractivity contribution in [3.63, 3.8) is 0 Å². The van der Waals surface area contributed by atoms with Gasteiger partial charge in [-0.15, -0.1) is 0 Å². The number of benzene rings is 2. The van der Waals surface area contributed by atoms with E-state index in [4.69, 9.17) is 25.9 Å². The Labute approximate surface area is 298 Å². The highest BCUT2D eigenvalue weighted by Gasteiger charge is 2.47. The first kappa shape index (κ1) is 36.4. The van der Waals surface area contributed by atoms with Crippen LogP contribution in [0, 0.1) is 23.7 Å². The van der Waals surface area contributed by atoms with E-state index in [0.717, 1.165) is 74.5 Å². The van der Waals surface area contributed by atoms with Crippen LogP contribution in [0.1, 0.15) is 80.8 Å². The number of aromatic carboxylic acids is 1. The molecule has 2 aromatic carbocycles. The molecule has 0 radical (unpaired) electrons. The Morgan fingerprint density at radius 2 is 1.92 bits per heavy atom. The van der Waals surface area contributed by atoms with Gasteiger partial charge < -0.3 is 19.2 Å². The van der Waals surface area contributed by atoms with Crippen molar-refractivity contribution in [2.24, 2.45) is 28.8 Å². The summed E-state index contributed by atoms with van der Waals surface area (Å²) in [7, 11) is -5.68. The van der Waals surface area contributed by atoms with Crippen molar-refractivity contribution in [3.05, 3.63) is 70.3 Å². The number of hydrogen-bond donors (Lipinski definition) is 2. The largest absolute Gasteiger partial charge is 0.490 e. The first-order valence-electron chi connectivity index (χ1n) is 17.9. The van der Waals surface area contributed by atoms with E-state index >= 15 is 0 Å². The molecule has 0 amide bonds. The molecule has 6 rings (SSSR count). The number of primary sulfonamides is 1. The molecule has 2 saturated carbocycles. The number of aryl methyl sites for hydroxylation is 1. The molecule has 3 aliphatic carbocycles. The Kier molecular flexibility index (Phi) is 10.1. The monoisotopic (exact) mass is 728 g/mol. The number of rotatable bonds is 10. The van der Waals surface area contributed by atoms with Gasteiger partial charge in [0, 0.05) is 23.5 Å². The Morgan fingerprint density at radius 3 is 2.55 bits per heavy atom. The summed E-state index contributed by atoms with van der Waals surface area (Å²) in [5.74, 6) is 0.638. The topological polar surface area (TPSA) is 119 Å². The van der Waals surface area contributed by atoms with Crippen LogP contribution in [0.2, 0.25) is 23.2 Å². The normalized spacial score (nSPS) is 27.8. The molecule has 3 N–H and O–H groups in total. The highest BCUT2D eigenvalue weighted by molar-refractivity contribution is 7.89. The summed E-state index contributed by atoms with van der Waals surface area (Å²) in [5.41, 5.74) is 3.38. The molecule has 2 aromatic rings. The molecular formula is C38H53ClN2O6SSi. The van der Waals surface area contributed by atoms with Gasteiger partial charge in [0.2, 0.25) is 10.0 Å². The van der Waals surface area contributed by atoms with Gasteiger partial charge in [-0.2, -0.15) is 0 Å². The van der Waals surface area contributed by atoms with E-state index in [0.29, 0.717) is 12.5 Å². The van der Waals surface area contributed by atoms with Gasteiger partial charge >= 0.3 is 5.97 Å². The van der Waals surface area contributed by atoms with Crippen LogP contribution in [-0.2, 0) is 26.3 Å². The van der Waals surface area contributed by atoms with Gasteiger partial charge in [-0.05, 0) is 128 Å². The lowest BCUT2D eigenvalue weighted by Gasteiger charge is -2.48. The summed E-state index contributed by atoms with van der Waals surface area (Å²) in [4.78, 5) is 14.5. The van der Waals surface area contributed by atoms with Crippen molar-refractivity contribution in [1.29, 1.82) is 0 Å². The first-order valence-corrected chi connectivity index (χ1v) is 22.9. The van der Waals surface area contributed by atoms with Crippen LogP contribution >= 0.6 is 11.6 Å². The summed E-state index contributed by atoms with van der Waals surface area (Å²) in [6.07, 6.45) is 11.3. The third-order valence-corrected chi connectivity index (χ3v) is 17.9. The second-order valence-corrected chi connectivity index (χ2v) is 23.5. The van der Waals surface area contributed by atoms with Crippen molar-refractivity contribution in [3.8, 4) is 5.75 Å². The number of halogens is 1. The van der Waals surface area contributed by atoms with Crippen molar-refractivity contribution >= 4 is 41.6 Å². The number of ether oxygens (including phenoxy) is 1. The molecule has 0 bridgehead atoms. The zero-order valence-corrected chi connectivity index (χ0v) is 32.2. The molecule has 4 aliphatic rings. The van der Waals surface area contributed by atoms with Crippen molar-refractivity contribution in [2.75, 3.05) is 30.3 Å². The number of carbonyl (C=O) groups is 1. The van der Waals surface area contributed by atoms with Gasteiger partial charge in [-0.25, -0.2) is 18.4 Å². The number of anilines is 1. The number of nitrogens with two attached hydrogens (primary N) is 1. The van der Waals surface area contributed by atoms with E-state index < -0.39 is 24.3 Å². The second kappa shape index (κ2) is 13.6. The van der Waals surface area contributed by atoms with Gasteiger partial charge in [0.15, 0.2) is 8.32 Å². The molecule has 1 unspecified atom stereocenters. The predicted molar refractivity (Wildman–Crippen MR) is 199 cm³/mol. The lowest BCUT2D eigenvalue weighted by molar-refractivity contribution is 0.0519. The first-order chi connectivity index (χ1) is 22.9. The fraction of sp³-hybridized carbons (Fsp3) is 0.605.